The van der Waals surface area contributed by atoms with Crippen LogP contribution in [0.25, 0.3) is 10.2 Å². The Hall–Kier alpha value is -2.33. The van der Waals surface area contributed by atoms with Gasteiger partial charge in [0.15, 0.2) is 4.80 Å². The third-order valence-electron chi connectivity index (χ3n) is 5.04. The van der Waals surface area contributed by atoms with E-state index in [1.54, 1.807) is 0 Å². The first-order valence-corrected chi connectivity index (χ1v) is 11.9. The molecule has 0 N–H and O–H groups in total. The number of benzene rings is 2. The van der Waals surface area contributed by atoms with Crippen LogP contribution in [0.15, 0.2) is 58.4 Å². The van der Waals surface area contributed by atoms with E-state index < -0.39 is 15.9 Å². The molecule has 3 aromatic rings. The average Bonchev–Trinajstić information content (AvgIpc) is 3.03. The third-order valence-corrected chi connectivity index (χ3v) is 8.00. The number of carbonyl (C=O) groups excluding carboxylic acids is 1. The van der Waals surface area contributed by atoms with Gasteiger partial charge in [-0.05, 0) is 50.2 Å². The van der Waals surface area contributed by atoms with Gasteiger partial charge in [-0.1, -0.05) is 23.5 Å². The lowest BCUT2D eigenvalue weighted by Gasteiger charge is -2.34. The highest BCUT2D eigenvalue weighted by atomic mass is 32.2. The quantitative estimate of drug-likeness (QED) is 0.621. The number of para-hydroxylation sites is 1. The Kier molecular flexibility index (Phi) is 5.63. The Morgan fingerprint density at radius 1 is 1.07 bits per heavy atom. The van der Waals surface area contributed by atoms with Gasteiger partial charge in [-0.15, -0.1) is 0 Å². The zero-order valence-electron chi connectivity index (χ0n) is 17.0. The smallest absolute Gasteiger partial charge is 0.279 e. The first-order valence-electron chi connectivity index (χ1n) is 9.65. The molecule has 0 spiro atoms. The Balaban J connectivity index is 1.60. The minimum Gasteiger partial charge on any atom is -0.373 e. The van der Waals surface area contributed by atoms with Crippen LogP contribution < -0.4 is 4.80 Å². The van der Waals surface area contributed by atoms with E-state index in [2.05, 4.69) is 4.99 Å². The molecule has 1 aliphatic heterocycles. The lowest BCUT2D eigenvalue weighted by Crippen LogP contribution is -2.48. The molecule has 1 aliphatic rings. The van der Waals surface area contributed by atoms with Crippen molar-refractivity contribution >= 4 is 37.5 Å². The lowest BCUT2D eigenvalue weighted by atomic mass is 10.2. The summed E-state index contributed by atoms with van der Waals surface area (Å²) >= 11 is 1.43. The van der Waals surface area contributed by atoms with Crippen molar-refractivity contribution in [1.29, 1.82) is 0 Å². The van der Waals surface area contributed by atoms with Crippen molar-refractivity contribution in [3.05, 3.63) is 58.9 Å². The lowest BCUT2D eigenvalue weighted by molar-refractivity contribution is -0.0440. The van der Waals surface area contributed by atoms with E-state index in [1.165, 1.54) is 39.9 Å². The molecule has 30 heavy (non-hydrogen) atoms. The SMILES string of the molecule is C[C@@H]1CN(S(=O)(=O)c2ccc(C(=O)N=c3sc4ccccc4n3C)cc2)C[C@H](C)O1. The van der Waals surface area contributed by atoms with E-state index in [9.17, 15) is 13.2 Å². The van der Waals surface area contributed by atoms with Gasteiger partial charge in [-0.25, -0.2) is 8.42 Å². The van der Waals surface area contributed by atoms with E-state index in [-0.39, 0.29) is 17.1 Å². The number of fused-ring (bicyclic) bond motifs is 1. The third kappa shape index (κ3) is 3.98. The number of aromatic nitrogens is 1. The van der Waals surface area contributed by atoms with Crippen molar-refractivity contribution in [3.8, 4) is 0 Å². The van der Waals surface area contributed by atoms with Crippen molar-refractivity contribution in [3.63, 3.8) is 0 Å². The van der Waals surface area contributed by atoms with Gasteiger partial charge in [0.05, 0.1) is 27.3 Å². The molecule has 1 aromatic heterocycles. The van der Waals surface area contributed by atoms with E-state index in [4.69, 9.17) is 4.74 Å². The molecular weight excluding hydrogens is 422 g/mol. The van der Waals surface area contributed by atoms with Crippen LogP contribution in [0, 0.1) is 0 Å². The maximum absolute atomic E-state index is 13.0. The molecule has 0 aliphatic carbocycles. The number of ether oxygens (including phenoxy) is 1. The number of hydrogen-bond donors (Lipinski definition) is 0. The molecule has 0 bridgehead atoms. The molecule has 0 saturated carbocycles. The number of rotatable bonds is 3. The van der Waals surface area contributed by atoms with Crippen LogP contribution in [0.4, 0.5) is 0 Å². The summed E-state index contributed by atoms with van der Waals surface area (Å²) in [6.45, 7) is 4.33. The molecular formula is C21H23N3O4S2. The molecule has 0 unspecified atom stereocenters. The molecule has 7 nitrogen and oxygen atoms in total. The van der Waals surface area contributed by atoms with Crippen LogP contribution in [0.3, 0.4) is 0 Å². The van der Waals surface area contributed by atoms with Crippen molar-refractivity contribution in [2.45, 2.75) is 31.0 Å². The molecule has 2 atom stereocenters. The normalized spacial score (nSPS) is 21.2. The fourth-order valence-corrected chi connectivity index (χ4v) is 6.19. The van der Waals surface area contributed by atoms with Crippen molar-refractivity contribution in [2.24, 2.45) is 12.0 Å². The molecule has 1 fully saturated rings. The van der Waals surface area contributed by atoms with Gasteiger partial charge in [0.2, 0.25) is 10.0 Å². The van der Waals surface area contributed by atoms with E-state index in [0.29, 0.717) is 23.5 Å². The van der Waals surface area contributed by atoms with Crippen molar-refractivity contribution in [1.82, 2.24) is 8.87 Å². The van der Waals surface area contributed by atoms with Crippen LogP contribution in [0.2, 0.25) is 0 Å². The molecule has 0 radical (unpaired) electrons. The highest BCUT2D eigenvalue weighted by molar-refractivity contribution is 7.89. The van der Waals surface area contributed by atoms with E-state index in [1.807, 2.05) is 49.7 Å². The van der Waals surface area contributed by atoms with Gasteiger partial charge in [0.1, 0.15) is 0 Å². The van der Waals surface area contributed by atoms with Crippen LogP contribution >= 0.6 is 11.3 Å². The number of morpholine rings is 1. The first-order chi connectivity index (χ1) is 14.3. The van der Waals surface area contributed by atoms with Crippen molar-refractivity contribution in [2.75, 3.05) is 13.1 Å². The maximum atomic E-state index is 13.0. The topological polar surface area (TPSA) is 81.0 Å². The predicted octanol–water partition coefficient (Wildman–Crippen LogP) is 2.78. The Bertz CT molecular complexity index is 1250. The molecule has 1 saturated heterocycles. The largest absolute Gasteiger partial charge is 0.373 e. The summed E-state index contributed by atoms with van der Waals surface area (Å²) in [5.41, 5.74) is 1.35. The Morgan fingerprint density at radius 3 is 2.33 bits per heavy atom. The highest BCUT2D eigenvalue weighted by Gasteiger charge is 2.32. The Morgan fingerprint density at radius 2 is 1.70 bits per heavy atom. The first kappa shape index (κ1) is 20.9. The fraction of sp³-hybridized carbons (Fsp3) is 0.333. The van der Waals surface area contributed by atoms with Gasteiger partial charge in [-0.3, -0.25) is 4.79 Å². The van der Waals surface area contributed by atoms with Gasteiger partial charge >= 0.3 is 0 Å². The van der Waals surface area contributed by atoms with Crippen LogP contribution in [0.5, 0.6) is 0 Å². The zero-order valence-corrected chi connectivity index (χ0v) is 18.6. The summed E-state index contributed by atoms with van der Waals surface area (Å²) in [7, 11) is -1.78. The minimum atomic E-state index is -3.64. The van der Waals surface area contributed by atoms with Gasteiger partial charge in [0.25, 0.3) is 5.91 Å². The Labute approximate surface area is 179 Å². The number of amides is 1. The number of sulfonamides is 1. The molecule has 158 valence electrons. The molecule has 9 heteroatoms. The number of thiazole rings is 1. The second-order valence-electron chi connectivity index (χ2n) is 7.43. The maximum Gasteiger partial charge on any atom is 0.279 e. The molecule has 2 heterocycles. The van der Waals surface area contributed by atoms with E-state index in [0.717, 1.165) is 10.2 Å². The monoisotopic (exact) mass is 445 g/mol. The standard InChI is InChI=1S/C21H23N3O4S2/c1-14-12-24(13-15(2)28-14)30(26,27)17-10-8-16(9-11-17)20(25)22-21-23(3)18-6-4-5-7-19(18)29-21/h4-11,14-15H,12-13H2,1-3H3/t14-,15+. The predicted molar refractivity (Wildman–Crippen MR) is 116 cm³/mol. The summed E-state index contributed by atoms with van der Waals surface area (Å²) in [5, 5.41) is 0. The molecule has 4 rings (SSSR count). The van der Waals surface area contributed by atoms with Gasteiger partial charge in [0, 0.05) is 25.7 Å². The highest BCUT2D eigenvalue weighted by Crippen LogP contribution is 2.22. The van der Waals surface area contributed by atoms with Crippen LogP contribution in [0.1, 0.15) is 24.2 Å². The number of aryl methyl sites for hydroxylation is 1. The zero-order chi connectivity index (χ0) is 21.5. The van der Waals surface area contributed by atoms with Gasteiger partial charge < -0.3 is 9.30 Å². The summed E-state index contributed by atoms with van der Waals surface area (Å²) < 4.78 is 35.9. The van der Waals surface area contributed by atoms with Crippen LogP contribution in [-0.4, -0.2) is 48.5 Å². The minimum absolute atomic E-state index is 0.160. The van der Waals surface area contributed by atoms with Crippen LogP contribution in [-0.2, 0) is 21.8 Å². The average molecular weight is 446 g/mol. The molecule has 1 amide bonds. The van der Waals surface area contributed by atoms with Crippen molar-refractivity contribution < 1.29 is 17.9 Å². The molecule has 2 aromatic carbocycles. The number of hydrogen-bond acceptors (Lipinski definition) is 5. The summed E-state index contributed by atoms with van der Waals surface area (Å²) in [5.74, 6) is -0.408. The number of nitrogens with zero attached hydrogens (tertiary/aromatic N) is 3. The van der Waals surface area contributed by atoms with Gasteiger partial charge in [-0.2, -0.15) is 9.30 Å². The summed E-state index contributed by atoms with van der Waals surface area (Å²) in [4.78, 5) is 17.6. The summed E-state index contributed by atoms with van der Waals surface area (Å²) in [6.07, 6.45) is -0.324. The second kappa shape index (κ2) is 8.07. The van der Waals surface area contributed by atoms with E-state index >= 15 is 0 Å². The fourth-order valence-electron chi connectivity index (χ4n) is 3.59. The number of carbonyl (C=O) groups is 1. The summed E-state index contributed by atoms with van der Waals surface area (Å²) in [6, 6.07) is 13.8. The second-order valence-corrected chi connectivity index (χ2v) is 10.4.